The number of benzene rings is 1. The van der Waals surface area contributed by atoms with Crippen LogP contribution in [0, 0.1) is 13.8 Å². The van der Waals surface area contributed by atoms with Crippen molar-refractivity contribution in [3.05, 3.63) is 58.7 Å². The summed E-state index contributed by atoms with van der Waals surface area (Å²) in [5.41, 5.74) is 16.5. The fraction of sp³-hybridized carbons (Fsp3) is 0.176. The van der Waals surface area contributed by atoms with Crippen LogP contribution in [0.2, 0.25) is 0 Å². The van der Waals surface area contributed by atoms with E-state index in [0.29, 0.717) is 5.13 Å². The lowest BCUT2D eigenvalue weighted by atomic mass is 10.2. The molecule has 23 heavy (non-hydrogen) atoms. The van der Waals surface area contributed by atoms with E-state index >= 15 is 0 Å². The van der Waals surface area contributed by atoms with Gasteiger partial charge in [0, 0.05) is 28.9 Å². The number of aliphatic imine (C=N–C) groups is 1. The molecular weight excluding hydrogens is 306 g/mol. The normalized spacial score (nSPS) is 10.7. The Kier molecular flexibility index (Phi) is 4.16. The second kappa shape index (κ2) is 6.26. The summed E-state index contributed by atoms with van der Waals surface area (Å²) in [5.74, 6) is 0.0282. The van der Waals surface area contributed by atoms with Gasteiger partial charge in [0.1, 0.15) is 0 Å². The minimum absolute atomic E-state index is 0.0282. The number of hydrogen-bond acceptors (Lipinski definition) is 3. The lowest BCUT2D eigenvalue weighted by molar-refractivity contribution is 0.750. The van der Waals surface area contributed by atoms with E-state index in [1.807, 2.05) is 11.4 Å². The van der Waals surface area contributed by atoms with E-state index in [2.05, 4.69) is 58.7 Å². The zero-order valence-corrected chi connectivity index (χ0v) is 14.0. The highest BCUT2D eigenvalue weighted by atomic mass is 32.1. The summed E-state index contributed by atoms with van der Waals surface area (Å²) in [7, 11) is 0. The Hall–Kier alpha value is -2.60. The summed E-state index contributed by atoms with van der Waals surface area (Å²) in [4.78, 5) is 8.51. The predicted molar refractivity (Wildman–Crippen MR) is 96.0 cm³/mol. The van der Waals surface area contributed by atoms with Gasteiger partial charge in [-0.3, -0.25) is 0 Å². The van der Waals surface area contributed by atoms with Crippen LogP contribution in [0.1, 0.15) is 17.0 Å². The first-order valence-electron chi connectivity index (χ1n) is 7.31. The van der Waals surface area contributed by atoms with Gasteiger partial charge in [-0.1, -0.05) is 30.3 Å². The molecule has 0 aliphatic rings. The molecule has 3 aromatic rings. The van der Waals surface area contributed by atoms with Crippen LogP contribution in [-0.2, 0) is 6.54 Å². The average Bonchev–Trinajstić information content (AvgIpc) is 3.07. The Labute approximate surface area is 139 Å². The van der Waals surface area contributed by atoms with Crippen LogP contribution in [0.4, 0.5) is 5.13 Å². The first kappa shape index (κ1) is 15.3. The maximum absolute atomic E-state index is 5.41. The van der Waals surface area contributed by atoms with E-state index in [1.165, 1.54) is 28.3 Å². The Bertz CT molecular complexity index is 841. The van der Waals surface area contributed by atoms with E-state index in [1.54, 1.807) is 0 Å². The second-order valence-corrected chi connectivity index (χ2v) is 6.25. The van der Waals surface area contributed by atoms with Crippen molar-refractivity contribution in [2.75, 3.05) is 0 Å². The Morgan fingerprint density at radius 1 is 1.22 bits per heavy atom. The first-order valence-corrected chi connectivity index (χ1v) is 8.18. The summed E-state index contributed by atoms with van der Waals surface area (Å²) >= 11 is 1.43. The maximum Gasteiger partial charge on any atom is 0.212 e. The SMILES string of the molecule is Cc1cc(-c2csc(N=C(N)N)n2)c(C)n1Cc1ccccc1. The molecule has 0 spiro atoms. The van der Waals surface area contributed by atoms with E-state index in [9.17, 15) is 0 Å². The van der Waals surface area contributed by atoms with Crippen molar-refractivity contribution in [3.63, 3.8) is 0 Å². The second-order valence-electron chi connectivity index (χ2n) is 5.41. The third-order valence-electron chi connectivity index (χ3n) is 3.75. The summed E-state index contributed by atoms with van der Waals surface area (Å²) in [6.45, 7) is 5.08. The molecule has 5 nitrogen and oxygen atoms in total. The van der Waals surface area contributed by atoms with Gasteiger partial charge in [-0.25, -0.2) is 4.98 Å². The van der Waals surface area contributed by atoms with Gasteiger partial charge in [-0.15, -0.1) is 11.3 Å². The summed E-state index contributed by atoms with van der Waals surface area (Å²) in [5, 5.41) is 2.56. The molecule has 3 rings (SSSR count). The molecule has 0 aliphatic carbocycles. The van der Waals surface area contributed by atoms with Gasteiger partial charge in [0.05, 0.1) is 5.69 Å². The van der Waals surface area contributed by atoms with Crippen LogP contribution in [0.5, 0.6) is 0 Å². The number of guanidine groups is 1. The number of nitrogens with two attached hydrogens (primary N) is 2. The summed E-state index contributed by atoms with van der Waals surface area (Å²) in [6.07, 6.45) is 0. The lowest BCUT2D eigenvalue weighted by Gasteiger charge is -2.09. The van der Waals surface area contributed by atoms with Crippen LogP contribution >= 0.6 is 11.3 Å². The zero-order valence-electron chi connectivity index (χ0n) is 13.2. The Morgan fingerprint density at radius 3 is 2.65 bits per heavy atom. The Morgan fingerprint density at radius 2 is 1.96 bits per heavy atom. The van der Waals surface area contributed by atoms with Gasteiger partial charge in [0.15, 0.2) is 5.96 Å². The molecule has 0 amide bonds. The zero-order chi connectivity index (χ0) is 16.4. The molecule has 118 valence electrons. The monoisotopic (exact) mass is 325 g/mol. The molecule has 0 saturated heterocycles. The highest BCUT2D eigenvalue weighted by Gasteiger charge is 2.14. The molecule has 2 aromatic heterocycles. The molecule has 0 atom stereocenters. The summed E-state index contributed by atoms with van der Waals surface area (Å²) in [6, 6.07) is 12.6. The molecule has 0 fully saturated rings. The molecule has 0 bridgehead atoms. The van der Waals surface area contributed by atoms with Crippen LogP contribution in [0.25, 0.3) is 11.3 Å². The van der Waals surface area contributed by atoms with Crippen molar-refractivity contribution in [2.45, 2.75) is 20.4 Å². The highest BCUT2D eigenvalue weighted by molar-refractivity contribution is 7.13. The minimum atomic E-state index is 0.0282. The van der Waals surface area contributed by atoms with Gasteiger partial charge in [-0.2, -0.15) is 4.99 Å². The van der Waals surface area contributed by atoms with Gasteiger partial charge in [0.25, 0.3) is 0 Å². The van der Waals surface area contributed by atoms with E-state index in [4.69, 9.17) is 11.5 Å². The van der Waals surface area contributed by atoms with Crippen molar-refractivity contribution >= 4 is 22.4 Å². The quantitative estimate of drug-likeness (QED) is 0.571. The molecule has 0 radical (unpaired) electrons. The molecule has 0 aliphatic heterocycles. The number of hydrogen-bond donors (Lipinski definition) is 2. The topological polar surface area (TPSA) is 82.2 Å². The van der Waals surface area contributed by atoms with Crippen molar-refractivity contribution in [3.8, 4) is 11.3 Å². The maximum atomic E-state index is 5.41. The molecule has 2 heterocycles. The fourth-order valence-electron chi connectivity index (χ4n) is 2.62. The van der Waals surface area contributed by atoms with E-state index in [-0.39, 0.29) is 5.96 Å². The molecule has 4 N–H and O–H groups in total. The minimum Gasteiger partial charge on any atom is -0.370 e. The largest absolute Gasteiger partial charge is 0.370 e. The number of thiazole rings is 1. The molecule has 6 heteroatoms. The number of rotatable bonds is 4. The van der Waals surface area contributed by atoms with Crippen LogP contribution < -0.4 is 11.5 Å². The third kappa shape index (κ3) is 3.27. The number of nitrogens with zero attached hydrogens (tertiary/aromatic N) is 3. The smallest absolute Gasteiger partial charge is 0.212 e. The first-order chi connectivity index (χ1) is 11.0. The van der Waals surface area contributed by atoms with Crippen LogP contribution in [-0.4, -0.2) is 15.5 Å². The molecule has 0 saturated carbocycles. The predicted octanol–water partition coefficient (Wildman–Crippen LogP) is 3.18. The molecule has 0 unspecified atom stereocenters. The number of aryl methyl sites for hydroxylation is 1. The van der Waals surface area contributed by atoms with Gasteiger partial charge in [0.2, 0.25) is 5.13 Å². The fourth-order valence-corrected chi connectivity index (χ4v) is 3.33. The Balaban J connectivity index is 1.94. The van der Waals surface area contributed by atoms with E-state index < -0.39 is 0 Å². The molecule has 1 aromatic carbocycles. The van der Waals surface area contributed by atoms with E-state index in [0.717, 1.165) is 17.8 Å². The van der Waals surface area contributed by atoms with Crippen molar-refractivity contribution in [2.24, 2.45) is 16.5 Å². The van der Waals surface area contributed by atoms with Crippen molar-refractivity contribution in [1.82, 2.24) is 9.55 Å². The van der Waals surface area contributed by atoms with Gasteiger partial charge >= 0.3 is 0 Å². The van der Waals surface area contributed by atoms with Gasteiger partial charge < -0.3 is 16.0 Å². The molecular formula is C17H19N5S. The third-order valence-corrected chi connectivity index (χ3v) is 4.48. The average molecular weight is 325 g/mol. The van der Waals surface area contributed by atoms with Gasteiger partial charge in [-0.05, 0) is 25.5 Å². The lowest BCUT2D eigenvalue weighted by Crippen LogP contribution is -2.21. The standard InChI is InChI=1S/C17H19N5S/c1-11-8-14(15-10-23-17(20-15)21-16(18)19)12(2)22(11)9-13-6-4-3-5-7-13/h3-8,10H,9H2,1-2H3,(H4,18,19,20,21). The van der Waals surface area contributed by atoms with Crippen molar-refractivity contribution in [1.29, 1.82) is 0 Å². The van der Waals surface area contributed by atoms with Crippen LogP contribution in [0.3, 0.4) is 0 Å². The number of aromatic nitrogens is 2. The summed E-state index contributed by atoms with van der Waals surface area (Å²) < 4.78 is 2.30. The van der Waals surface area contributed by atoms with Crippen molar-refractivity contribution < 1.29 is 0 Å². The highest BCUT2D eigenvalue weighted by Crippen LogP contribution is 2.31. The van der Waals surface area contributed by atoms with Crippen LogP contribution in [0.15, 0.2) is 46.8 Å².